The van der Waals surface area contributed by atoms with E-state index in [4.69, 9.17) is 10.00 Å². The minimum Gasteiger partial charge on any atom is -0.378 e. The monoisotopic (exact) mass is 288 g/mol. The van der Waals surface area contributed by atoms with Gasteiger partial charge in [0, 0.05) is 25.0 Å². The highest BCUT2D eigenvalue weighted by Crippen LogP contribution is 2.51. The van der Waals surface area contributed by atoms with Crippen LogP contribution in [0.1, 0.15) is 46.5 Å². The third-order valence-corrected chi connectivity index (χ3v) is 6.02. The lowest BCUT2D eigenvalue weighted by Crippen LogP contribution is -2.68. The molecule has 5 nitrogen and oxygen atoms in total. The Hall–Kier alpha value is -0.640. The molecule has 0 aromatic rings. The van der Waals surface area contributed by atoms with Crippen molar-refractivity contribution in [2.24, 2.45) is 5.41 Å². The summed E-state index contributed by atoms with van der Waals surface area (Å²) in [6, 6.07) is 1.93. The summed E-state index contributed by atoms with van der Waals surface area (Å²) >= 11 is 0. The van der Waals surface area contributed by atoms with E-state index in [2.05, 4.69) is 4.72 Å². The van der Waals surface area contributed by atoms with Crippen LogP contribution in [0.5, 0.6) is 0 Å². The summed E-state index contributed by atoms with van der Waals surface area (Å²) in [4.78, 5) is 0. The molecule has 1 saturated carbocycles. The van der Waals surface area contributed by atoms with Gasteiger partial charge in [-0.1, -0.05) is 13.8 Å². The molecule has 1 N–H and O–H groups in total. The van der Waals surface area contributed by atoms with Crippen LogP contribution >= 0.6 is 0 Å². The fourth-order valence-electron chi connectivity index (χ4n) is 2.45. The van der Waals surface area contributed by atoms with Crippen molar-refractivity contribution >= 4 is 10.0 Å². The fraction of sp³-hybridized carbons (Fsp3) is 0.923. The van der Waals surface area contributed by atoms with Crippen LogP contribution in [0.2, 0.25) is 0 Å². The quantitative estimate of drug-likeness (QED) is 0.724. The van der Waals surface area contributed by atoms with Crippen molar-refractivity contribution in [2.45, 2.75) is 58.1 Å². The van der Waals surface area contributed by atoms with Gasteiger partial charge in [-0.15, -0.1) is 0 Å². The maximum atomic E-state index is 11.9. The lowest BCUT2D eigenvalue weighted by molar-refractivity contribution is -0.175. The van der Waals surface area contributed by atoms with Crippen LogP contribution < -0.4 is 4.72 Å². The third kappa shape index (κ3) is 3.47. The van der Waals surface area contributed by atoms with Crippen molar-refractivity contribution in [2.75, 3.05) is 12.9 Å². The lowest BCUT2D eigenvalue weighted by Gasteiger charge is -2.58. The maximum Gasteiger partial charge on any atom is 0.211 e. The van der Waals surface area contributed by atoms with Crippen LogP contribution in [-0.2, 0) is 14.8 Å². The molecule has 0 aromatic heterocycles. The molecule has 110 valence electrons. The molecular weight excluding hydrogens is 264 g/mol. The Labute approximate surface area is 116 Å². The number of sulfonamides is 1. The van der Waals surface area contributed by atoms with E-state index in [0.717, 1.165) is 0 Å². The van der Waals surface area contributed by atoms with Crippen LogP contribution in [0.25, 0.3) is 0 Å². The Morgan fingerprint density at radius 3 is 2.47 bits per heavy atom. The van der Waals surface area contributed by atoms with Gasteiger partial charge in [-0.3, -0.25) is 0 Å². The molecule has 0 aromatic carbocycles. The Bertz CT molecular complexity index is 453. The van der Waals surface area contributed by atoms with Crippen molar-refractivity contribution in [1.29, 1.82) is 5.26 Å². The number of hydrogen-bond donors (Lipinski definition) is 1. The van der Waals surface area contributed by atoms with Crippen LogP contribution in [0.15, 0.2) is 0 Å². The average molecular weight is 288 g/mol. The minimum absolute atomic E-state index is 0.0848. The fourth-order valence-corrected chi connectivity index (χ4v) is 3.97. The minimum atomic E-state index is -3.27. The van der Waals surface area contributed by atoms with E-state index >= 15 is 0 Å². The van der Waals surface area contributed by atoms with Gasteiger partial charge in [-0.05, 0) is 26.2 Å². The Morgan fingerprint density at radius 1 is 1.37 bits per heavy atom. The van der Waals surface area contributed by atoms with E-state index < -0.39 is 10.0 Å². The molecule has 6 heteroatoms. The number of nitrogens with zero attached hydrogens (tertiary/aromatic N) is 1. The molecule has 1 aliphatic rings. The van der Waals surface area contributed by atoms with Crippen LogP contribution in [0.4, 0.5) is 0 Å². The molecule has 19 heavy (non-hydrogen) atoms. The first-order valence-corrected chi connectivity index (χ1v) is 8.26. The summed E-state index contributed by atoms with van der Waals surface area (Å²) in [6.45, 7) is 6.04. The standard InChI is InChI=1S/C13H24N2O3S/c1-12(2)11(10-13(12,3)18-4)15-19(16,17)9-7-5-6-8-14/h11,15H,5-7,9-10H2,1-4H3. The number of hydrogen-bond acceptors (Lipinski definition) is 4. The molecule has 1 fully saturated rings. The normalized spacial score (nSPS) is 29.5. The lowest BCUT2D eigenvalue weighted by atomic mass is 9.56. The highest BCUT2D eigenvalue weighted by Gasteiger charge is 2.58. The van der Waals surface area contributed by atoms with Gasteiger partial charge in [0.1, 0.15) is 0 Å². The van der Waals surface area contributed by atoms with E-state index in [0.29, 0.717) is 25.7 Å². The Kier molecular flexibility index (Phi) is 4.99. The molecule has 0 saturated heterocycles. The van der Waals surface area contributed by atoms with Gasteiger partial charge in [0.2, 0.25) is 10.0 Å². The first kappa shape index (κ1) is 16.4. The summed E-state index contributed by atoms with van der Waals surface area (Å²) < 4.78 is 32.1. The summed E-state index contributed by atoms with van der Waals surface area (Å²) in [5, 5.41) is 8.41. The zero-order valence-electron chi connectivity index (χ0n) is 12.2. The first-order chi connectivity index (χ1) is 8.68. The smallest absolute Gasteiger partial charge is 0.211 e. The van der Waals surface area contributed by atoms with Gasteiger partial charge < -0.3 is 4.74 Å². The van der Waals surface area contributed by atoms with Gasteiger partial charge in [-0.2, -0.15) is 5.26 Å². The van der Waals surface area contributed by atoms with Crippen LogP contribution in [0, 0.1) is 16.7 Å². The number of rotatable bonds is 7. The Balaban J connectivity index is 2.51. The second-order valence-corrected chi connectivity index (χ2v) is 7.84. The zero-order valence-corrected chi connectivity index (χ0v) is 13.0. The second kappa shape index (κ2) is 5.78. The van der Waals surface area contributed by atoms with Crippen molar-refractivity contribution < 1.29 is 13.2 Å². The summed E-state index contributed by atoms with van der Waals surface area (Å²) in [7, 11) is -1.61. The molecule has 2 atom stereocenters. The number of nitriles is 1. The van der Waals surface area contributed by atoms with Gasteiger partial charge in [0.15, 0.2) is 0 Å². The average Bonchev–Trinajstić information content (AvgIpc) is 2.33. The highest BCUT2D eigenvalue weighted by molar-refractivity contribution is 7.89. The number of unbranched alkanes of at least 4 members (excludes halogenated alkanes) is 2. The van der Waals surface area contributed by atoms with E-state index in [1.54, 1.807) is 7.11 Å². The van der Waals surface area contributed by atoms with Crippen LogP contribution in [0.3, 0.4) is 0 Å². The van der Waals surface area contributed by atoms with E-state index in [-0.39, 0.29) is 22.8 Å². The molecule has 0 spiro atoms. The van der Waals surface area contributed by atoms with Gasteiger partial charge in [-0.25, -0.2) is 13.1 Å². The largest absolute Gasteiger partial charge is 0.378 e. The molecule has 1 aliphatic carbocycles. The van der Waals surface area contributed by atoms with Crippen LogP contribution in [-0.4, -0.2) is 32.9 Å². The zero-order chi connectivity index (χ0) is 14.7. The van der Waals surface area contributed by atoms with Crippen molar-refractivity contribution in [3.63, 3.8) is 0 Å². The van der Waals surface area contributed by atoms with Gasteiger partial charge in [0.25, 0.3) is 0 Å². The second-order valence-electron chi connectivity index (χ2n) is 5.97. The third-order valence-electron chi connectivity index (χ3n) is 4.55. The van der Waals surface area contributed by atoms with Crippen molar-refractivity contribution in [3.05, 3.63) is 0 Å². The molecule has 2 unspecified atom stereocenters. The number of methoxy groups -OCH3 is 1. The summed E-state index contributed by atoms with van der Waals surface area (Å²) in [6.07, 6.45) is 2.25. The number of ether oxygens (including phenoxy) is 1. The van der Waals surface area contributed by atoms with Crippen molar-refractivity contribution in [1.82, 2.24) is 4.72 Å². The summed E-state index contributed by atoms with van der Waals surface area (Å²) in [5.74, 6) is 0.0883. The molecule has 0 amide bonds. The van der Waals surface area contributed by atoms with Gasteiger partial charge >= 0.3 is 0 Å². The summed E-state index contributed by atoms with van der Waals surface area (Å²) in [5.41, 5.74) is -0.498. The maximum absolute atomic E-state index is 11.9. The van der Waals surface area contributed by atoms with E-state index in [9.17, 15) is 8.42 Å². The Morgan fingerprint density at radius 2 is 2.00 bits per heavy atom. The molecule has 1 rings (SSSR count). The SMILES string of the molecule is COC1(C)CC(NS(=O)(=O)CCCCC#N)C1(C)C. The molecule has 0 radical (unpaired) electrons. The molecule has 0 bridgehead atoms. The highest BCUT2D eigenvalue weighted by atomic mass is 32.2. The van der Waals surface area contributed by atoms with Gasteiger partial charge in [0.05, 0.1) is 17.4 Å². The first-order valence-electron chi connectivity index (χ1n) is 6.60. The molecular formula is C13H24N2O3S. The molecule has 0 heterocycles. The predicted molar refractivity (Wildman–Crippen MR) is 74.0 cm³/mol. The number of nitrogens with one attached hydrogen (secondary N) is 1. The predicted octanol–water partition coefficient (Wildman–Crippen LogP) is 1.80. The topological polar surface area (TPSA) is 79.2 Å². The molecule has 0 aliphatic heterocycles. The van der Waals surface area contributed by atoms with E-state index in [1.807, 2.05) is 26.8 Å². The van der Waals surface area contributed by atoms with E-state index in [1.165, 1.54) is 0 Å². The van der Waals surface area contributed by atoms with Crippen molar-refractivity contribution in [3.8, 4) is 6.07 Å².